The van der Waals surface area contributed by atoms with Crippen molar-refractivity contribution in [3.8, 4) is 6.07 Å². The van der Waals surface area contributed by atoms with Crippen molar-refractivity contribution in [2.75, 3.05) is 11.9 Å². The molecule has 21 heavy (non-hydrogen) atoms. The minimum atomic E-state index is -4.74. The van der Waals surface area contributed by atoms with Crippen molar-refractivity contribution in [2.45, 2.75) is 18.7 Å². The van der Waals surface area contributed by atoms with Crippen LogP contribution in [0.2, 0.25) is 0 Å². The van der Waals surface area contributed by atoms with Gasteiger partial charge in [0, 0.05) is 26.8 Å². The van der Waals surface area contributed by atoms with Gasteiger partial charge in [0.2, 0.25) is 0 Å². The van der Waals surface area contributed by atoms with Crippen LogP contribution < -0.4 is 5.32 Å². The average Bonchev–Trinajstić information content (AvgIpc) is 2.37. The SMILES string of the molecule is CC(O)(CO)C(=O)Nc1ccc(C#N)c(C(F)(F)F)c1.[W]. The van der Waals surface area contributed by atoms with E-state index in [2.05, 4.69) is 0 Å². The van der Waals surface area contributed by atoms with Gasteiger partial charge in [-0.2, -0.15) is 18.4 Å². The monoisotopic (exact) mass is 472 g/mol. The number of benzene rings is 1. The van der Waals surface area contributed by atoms with Crippen LogP contribution in [0, 0.1) is 11.3 Å². The Morgan fingerprint density at radius 2 is 2.00 bits per heavy atom. The Balaban J connectivity index is 0.00000400. The van der Waals surface area contributed by atoms with E-state index < -0.39 is 35.4 Å². The van der Waals surface area contributed by atoms with Crippen LogP contribution in [0.4, 0.5) is 18.9 Å². The van der Waals surface area contributed by atoms with Gasteiger partial charge in [-0.1, -0.05) is 0 Å². The number of anilines is 1. The van der Waals surface area contributed by atoms with Crippen LogP contribution >= 0.6 is 0 Å². The maximum Gasteiger partial charge on any atom is 0.417 e. The molecule has 0 aliphatic heterocycles. The van der Waals surface area contributed by atoms with Crippen molar-refractivity contribution >= 4 is 11.6 Å². The van der Waals surface area contributed by atoms with Crippen molar-refractivity contribution in [3.05, 3.63) is 29.3 Å². The van der Waals surface area contributed by atoms with Crippen LogP contribution in [0.5, 0.6) is 0 Å². The number of alkyl halides is 3. The number of carbonyl (C=O) groups is 1. The minimum Gasteiger partial charge on any atom is -0.393 e. The van der Waals surface area contributed by atoms with E-state index in [4.69, 9.17) is 10.4 Å². The molecule has 0 radical (unpaired) electrons. The van der Waals surface area contributed by atoms with Gasteiger partial charge in [0.1, 0.15) is 0 Å². The quantitative estimate of drug-likeness (QED) is 0.618. The van der Waals surface area contributed by atoms with Gasteiger partial charge in [-0.05, 0) is 25.1 Å². The molecular weight excluding hydrogens is 461 g/mol. The van der Waals surface area contributed by atoms with Gasteiger partial charge < -0.3 is 15.5 Å². The second-order valence-electron chi connectivity index (χ2n) is 4.26. The average molecular weight is 472 g/mol. The summed E-state index contributed by atoms with van der Waals surface area (Å²) in [4.78, 5) is 11.5. The summed E-state index contributed by atoms with van der Waals surface area (Å²) in [6.45, 7) is 0.123. The first-order chi connectivity index (χ1) is 9.11. The minimum absolute atomic E-state index is 0. The standard InChI is InChI=1S/C12H11F3N2O3.W/c1-11(20,6-18)10(19)17-8-3-2-7(5-16)9(4-8)12(13,14)15;/h2-4,18,20H,6H2,1H3,(H,17,19);. The molecule has 0 heterocycles. The maximum absolute atomic E-state index is 12.7. The zero-order valence-corrected chi connectivity index (χ0v) is 13.7. The number of rotatable bonds is 3. The van der Waals surface area contributed by atoms with Crippen molar-refractivity contribution in [3.63, 3.8) is 0 Å². The van der Waals surface area contributed by atoms with Crippen LogP contribution in [-0.4, -0.2) is 28.3 Å². The summed E-state index contributed by atoms with van der Waals surface area (Å²) in [5.74, 6) is -1.06. The molecule has 0 saturated heterocycles. The molecule has 114 valence electrons. The van der Waals surface area contributed by atoms with Crippen molar-refractivity contribution in [1.82, 2.24) is 0 Å². The van der Waals surface area contributed by atoms with Crippen LogP contribution in [0.3, 0.4) is 0 Å². The van der Waals surface area contributed by atoms with Gasteiger partial charge in [0.25, 0.3) is 5.91 Å². The predicted octanol–water partition coefficient (Wildman–Crippen LogP) is 1.26. The Bertz CT molecular complexity index is 568. The molecule has 0 aromatic heterocycles. The van der Waals surface area contributed by atoms with E-state index in [0.717, 1.165) is 19.1 Å². The van der Waals surface area contributed by atoms with Gasteiger partial charge in [-0.15, -0.1) is 0 Å². The maximum atomic E-state index is 12.7. The molecule has 0 saturated carbocycles. The number of nitrogens with one attached hydrogen (secondary N) is 1. The fourth-order valence-electron chi connectivity index (χ4n) is 1.29. The van der Waals surface area contributed by atoms with Gasteiger partial charge >= 0.3 is 6.18 Å². The summed E-state index contributed by atoms with van der Waals surface area (Å²) in [6.07, 6.45) is -4.74. The zero-order valence-electron chi connectivity index (χ0n) is 10.7. The Morgan fingerprint density at radius 3 is 2.43 bits per heavy atom. The molecule has 0 bridgehead atoms. The normalized spacial score (nSPS) is 13.6. The molecule has 1 aromatic rings. The number of amides is 1. The predicted molar refractivity (Wildman–Crippen MR) is 62.5 cm³/mol. The van der Waals surface area contributed by atoms with E-state index in [1.807, 2.05) is 5.32 Å². The summed E-state index contributed by atoms with van der Waals surface area (Å²) in [7, 11) is 0. The Labute approximate surface area is 132 Å². The van der Waals surface area contributed by atoms with Crippen LogP contribution in [-0.2, 0) is 32.0 Å². The van der Waals surface area contributed by atoms with E-state index in [-0.39, 0.29) is 26.8 Å². The van der Waals surface area contributed by atoms with E-state index in [9.17, 15) is 23.1 Å². The fraction of sp³-hybridized carbons (Fsp3) is 0.333. The number of aliphatic hydroxyl groups is 2. The number of aliphatic hydroxyl groups excluding tert-OH is 1. The topological polar surface area (TPSA) is 93.3 Å². The van der Waals surface area contributed by atoms with Crippen molar-refractivity contribution in [2.24, 2.45) is 0 Å². The molecule has 9 heteroatoms. The van der Waals surface area contributed by atoms with E-state index in [1.54, 1.807) is 0 Å². The summed E-state index contributed by atoms with van der Waals surface area (Å²) < 4.78 is 38.1. The molecule has 0 spiro atoms. The summed E-state index contributed by atoms with van der Waals surface area (Å²) in [6, 6.07) is 3.99. The van der Waals surface area contributed by atoms with Crippen LogP contribution in [0.25, 0.3) is 0 Å². The molecule has 1 unspecified atom stereocenters. The van der Waals surface area contributed by atoms with E-state index >= 15 is 0 Å². The second-order valence-corrected chi connectivity index (χ2v) is 4.26. The van der Waals surface area contributed by atoms with Crippen LogP contribution in [0.1, 0.15) is 18.1 Å². The molecule has 0 aliphatic carbocycles. The molecule has 0 fully saturated rings. The van der Waals surface area contributed by atoms with Gasteiger partial charge in [-0.3, -0.25) is 4.79 Å². The Hall–Kier alpha value is -1.42. The number of nitriles is 1. The molecular formula is C12H11F3N2O3W. The first kappa shape index (κ1) is 19.6. The molecule has 0 aliphatic rings. The first-order valence-corrected chi connectivity index (χ1v) is 5.38. The molecule has 1 amide bonds. The number of hydrogen-bond acceptors (Lipinski definition) is 4. The number of nitrogens with zero attached hydrogens (tertiary/aromatic N) is 1. The third-order valence-electron chi connectivity index (χ3n) is 2.50. The Morgan fingerprint density at radius 1 is 1.43 bits per heavy atom. The molecule has 1 atom stereocenters. The van der Waals surface area contributed by atoms with Crippen LogP contribution in [0.15, 0.2) is 18.2 Å². The van der Waals surface area contributed by atoms with Crippen molar-refractivity contribution in [1.29, 1.82) is 5.26 Å². The number of hydrogen-bond donors (Lipinski definition) is 3. The zero-order chi connectivity index (χ0) is 15.6. The summed E-state index contributed by atoms with van der Waals surface area (Å²) in [5, 5.41) is 28.9. The van der Waals surface area contributed by atoms with Gasteiger partial charge in [0.15, 0.2) is 5.60 Å². The second kappa shape index (κ2) is 7.03. The fourth-order valence-corrected chi connectivity index (χ4v) is 1.29. The summed E-state index contributed by atoms with van der Waals surface area (Å²) >= 11 is 0. The largest absolute Gasteiger partial charge is 0.417 e. The molecule has 1 aromatic carbocycles. The first-order valence-electron chi connectivity index (χ1n) is 5.38. The van der Waals surface area contributed by atoms with E-state index in [0.29, 0.717) is 6.07 Å². The van der Waals surface area contributed by atoms with Gasteiger partial charge in [0.05, 0.1) is 23.8 Å². The number of carbonyl (C=O) groups excluding carboxylic acids is 1. The number of halogens is 3. The molecule has 5 nitrogen and oxygen atoms in total. The molecule has 1 rings (SSSR count). The van der Waals surface area contributed by atoms with E-state index in [1.165, 1.54) is 6.07 Å². The third-order valence-corrected chi connectivity index (χ3v) is 2.50. The molecule has 3 N–H and O–H groups in total. The summed E-state index contributed by atoms with van der Waals surface area (Å²) in [5.41, 5.74) is -4.13. The Kier molecular flexibility index (Phi) is 6.55. The van der Waals surface area contributed by atoms with Gasteiger partial charge in [-0.25, -0.2) is 0 Å². The van der Waals surface area contributed by atoms with Crippen molar-refractivity contribution < 1.29 is 49.2 Å². The third kappa shape index (κ3) is 4.81. The smallest absolute Gasteiger partial charge is 0.393 e.